The highest BCUT2D eigenvalue weighted by atomic mass is 19.1. The molecule has 0 bridgehead atoms. The zero-order chi connectivity index (χ0) is 16.5. The predicted octanol–water partition coefficient (Wildman–Crippen LogP) is 3.69. The van der Waals surface area contributed by atoms with Crippen LogP contribution in [0.25, 0.3) is 11.4 Å². The summed E-state index contributed by atoms with van der Waals surface area (Å²) < 4.78 is 15.9. The average molecular weight is 318 g/mol. The molecule has 3 aromatic rings. The second kappa shape index (κ2) is 5.89. The number of fused-ring (bicyclic) bond motifs is 1. The quantitative estimate of drug-likeness (QED) is 0.724. The molecular formula is C19H15FN4. The molecule has 118 valence electrons. The fourth-order valence-corrected chi connectivity index (χ4v) is 3.26. The first-order chi connectivity index (χ1) is 11.7. The van der Waals surface area contributed by atoms with E-state index in [1.807, 2.05) is 30.5 Å². The first kappa shape index (κ1) is 14.6. The molecule has 0 saturated heterocycles. The van der Waals surface area contributed by atoms with E-state index in [9.17, 15) is 4.39 Å². The number of nitriles is 1. The van der Waals surface area contributed by atoms with Gasteiger partial charge in [-0.15, -0.1) is 0 Å². The minimum Gasteiger partial charge on any atom is -0.334 e. The predicted molar refractivity (Wildman–Crippen MR) is 87.6 cm³/mol. The van der Waals surface area contributed by atoms with E-state index in [4.69, 9.17) is 10.2 Å². The summed E-state index contributed by atoms with van der Waals surface area (Å²) in [5.74, 6) is 0.807. The molecule has 1 aliphatic rings. The third-order valence-corrected chi connectivity index (χ3v) is 4.45. The van der Waals surface area contributed by atoms with Crippen LogP contribution in [0.15, 0.2) is 48.8 Å². The normalized spacial score (nSPS) is 16.4. The highest BCUT2D eigenvalue weighted by molar-refractivity contribution is 5.53. The lowest BCUT2D eigenvalue weighted by atomic mass is 9.89. The van der Waals surface area contributed by atoms with Crippen LogP contribution < -0.4 is 0 Å². The summed E-state index contributed by atoms with van der Waals surface area (Å²) in [5.41, 5.74) is 2.96. The first-order valence-corrected chi connectivity index (χ1v) is 7.91. The highest BCUT2D eigenvalue weighted by Gasteiger charge is 2.23. The lowest BCUT2D eigenvalue weighted by molar-refractivity contribution is 0.464. The van der Waals surface area contributed by atoms with Crippen LogP contribution in [0.4, 0.5) is 4.39 Å². The highest BCUT2D eigenvalue weighted by Crippen LogP contribution is 2.31. The van der Waals surface area contributed by atoms with Crippen LogP contribution in [0.1, 0.15) is 29.3 Å². The van der Waals surface area contributed by atoms with Gasteiger partial charge in [0, 0.05) is 25.4 Å². The van der Waals surface area contributed by atoms with Crippen LogP contribution in [-0.2, 0) is 13.0 Å². The van der Waals surface area contributed by atoms with Crippen LogP contribution in [0.3, 0.4) is 0 Å². The summed E-state index contributed by atoms with van der Waals surface area (Å²) >= 11 is 0. The molecule has 4 nitrogen and oxygen atoms in total. The molecule has 3 heterocycles. The number of halogens is 1. The molecule has 1 aliphatic heterocycles. The molecule has 4 rings (SSSR count). The maximum atomic E-state index is 13.7. The average Bonchev–Trinajstić information content (AvgIpc) is 3.05. The van der Waals surface area contributed by atoms with E-state index in [1.54, 1.807) is 12.3 Å². The Labute approximate surface area is 139 Å². The Bertz CT molecular complexity index is 924. The fourth-order valence-electron chi connectivity index (χ4n) is 3.26. The van der Waals surface area contributed by atoms with E-state index in [1.165, 1.54) is 12.1 Å². The minimum atomic E-state index is -0.355. The molecular weight excluding hydrogens is 303 g/mol. The standard InChI is InChI=1S/C19H15FN4/c20-16-8-13(11-21)7-15(9-16)14-4-6-24-12-18(23-19(24)10-14)17-3-1-2-5-22-17/h1-3,5,7-9,12,14H,4,6,10H2. The third kappa shape index (κ3) is 2.67. The van der Waals surface area contributed by atoms with Crippen molar-refractivity contribution in [3.05, 3.63) is 71.6 Å². The van der Waals surface area contributed by atoms with Crippen LogP contribution in [-0.4, -0.2) is 14.5 Å². The number of aryl methyl sites for hydroxylation is 1. The van der Waals surface area contributed by atoms with Crippen molar-refractivity contribution in [3.8, 4) is 17.5 Å². The zero-order valence-electron chi connectivity index (χ0n) is 13.0. The van der Waals surface area contributed by atoms with Crippen molar-refractivity contribution >= 4 is 0 Å². The van der Waals surface area contributed by atoms with Crippen molar-refractivity contribution in [3.63, 3.8) is 0 Å². The largest absolute Gasteiger partial charge is 0.334 e. The minimum absolute atomic E-state index is 0.180. The molecule has 0 fully saturated rings. The number of aromatic nitrogens is 3. The van der Waals surface area contributed by atoms with Crippen LogP contribution in [0, 0.1) is 17.1 Å². The van der Waals surface area contributed by atoms with Gasteiger partial charge in [-0.3, -0.25) is 4.98 Å². The van der Waals surface area contributed by atoms with Gasteiger partial charge in [0.1, 0.15) is 17.3 Å². The summed E-state index contributed by atoms with van der Waals surface area (Å²) in [6, 6.07) is 12.4. The van der Waals surface area contributed by atoms with E-state index in [0.29, 0.717) is 5.56 Å². The number of rotatable bonds is 2. The number of benzene rings is 1. The lowest BCUT2D eigenvalue weighted by Gasteiger charge is -2.23. The van der Waals surface area contributed by atoms with Crippen LogP contribution in [0.5, 0.6) is 0 Å². The Balaban J connectivity index is 1.64. The maximum Gasteiger partial charge on any atom is 0.124 e. The number of hydrogen-bond acceptors (Lipinski definition) is 3. The van der Waals surface area contributed by atoms with Crippen molar-refractivity contribution < 1.29 is 4.39 Å². The SMILES string of the molecule is N#Cc1cc(F)cc(C2CCn3cc(-c4ccccn4)nc3C2)c1. The number of nitrogens with zero attached hydrogens (tertiary/aromatic N) is 4. The van der Waals surface area contributed by atoms with Crippen LogP contribution in [0.2, 0.25) is 0 Å². The summed E-state index contributed by atoms with van der Waals surface area (Å²) in [7, 11) is 0. The van der Waals surface area contributed by atoms with Crippen molar-refractivity contribution in [2.45, 2.75) is 25.3 Å². The monoisotopic (exact) mass is 318 g/mol. The lowest BCUT2D eigenvalue weighted by Crippen LogP contribution is -2.18. The molecule has 0 N–H and O–H groups in total. The second-order valence-electron chi connectivity index (χ2n) is 6.03. The van der Waals surface area contributed by atoms with Crippen molar-refractivity contribution in [2.75, 3.05) is 0 Å². The van der Waals surface area contributed by atoms with Gasteiger partial charge < -0.3 is 4.57 Å². The summed E-state index contributed by atoms with van der Waals surface area (Å²) in [5, 5.41) is 9.03. The topological polar surface area (TPSA) is 54.5 Å². The van der Waals surface area contributed by atoms with E-state index in [0.717, 1.165) is 42.2 Å². The molecule has 2 aromatic heterocycles. The molecule has 0 saturated carbocycles. The summed E-state index contributed by atoms with van der Waals surface area (Å²) in [6.45, 7) is 0.832. The van der Waals surface area contributed by atoms with E-state index >= 15 is 0 Å². The van der Waals surface area contributed by atoms with E-state index in [2.05, 4.69) is 9.55 Å². The first-order valence-electron chi connectivity index (χ1n) is 7.91. The molecule has 5 heteroatoms. The molecule has 1 atom stereocenters. The van der Waals surface area contributed by atoms with Gasteiger partial charge in [-0.25, -0.2) is 9.37 Å². The smallest absolute Gasteiger partial charge is 0.124 e. The molecule has 0 radical (unpaired) electrons. The van der Waals surface area contributed by atoms with Gasteiger partial charge in [0.25, 0.3) is 0 Å². The second-order valence-corrected chi connectivity index (χ2v) is 6.03. The van der Waals surface area contributed by atoms with Gasteiger partial charge in [-0.05, 0) is 48.2 Å². The third-order valence-electron chi connectivity index (χ3n) is 4.45. The zero-order valence-corrected chi connectivity index (χ0v) is 13.0. The summed E-state index contributed by atoms with van der Waals surface area (Å²) in [4.78, 5) is 9.05. The van der Waals surface area contributed by atoms with Gasteiger partial charge in [-0.2, -0.15) is 5.26 Å². The van der Waals surface area contributed by atoms with Crippen LogP contribution >= 0.6 is 0 Å². The Morgan fingerprint density at radius 1 is 1.21 bits per heavy atom. The molecule has 1 unspecified atom stereocenters. The fraction of sp³-hybridized carbons (Fsp3) is 0.211. The Morgan fingerprint density at radius 3 is 2.92 bits per heavy atom. The number of pyridine rings is 1. The van der Waals surface area contributed by atoms with Crippen molar-refractivity contribution in [2.24, 2.45) is 0 Å². The number of imidazole rings is 1. The van der Waals surface area contributed by atoms with Gasteiger partial charge in [0.2, 0.25) is 0 Å². The molecule has 1 aromatic carbocycles. The Hall–Kier alpha value is -3.00. The van der Waals surface area contributed by atoms with E-state index < -0.39 is 0 Å². The van der Waals surface area contributed by atoms with Gasteiger partial charge in [0.05, 0.1) is 17.3 Å². The van der Waals surface area contributed by atoms with Crippen molar-refractivity contribution in [1.29, 1.82) is 5.26 Å². The number of hydrogen-bond donors (Lipinski definition) is 0. The molecule has 0 amide bonds. The molecule has 24 heavy (non-hydrogen) atoms. The Morgan fingerprint density at radius 2 is 2.12 bits per heavy atom. The summed E-state index contributed by atoms with van der Waals surface area (Å²) in [6.07, 6.45) is 5.42. The van der Waals surface area contributed by atoms with Gasteiger partial charge in [0.15, 0.2) is 0 Å². The molecule has 0 spiro atoms. The van der Waals surface area contributed by atoms with Gasteiger partial charge in [-0.1, -0.05) is 6.07 Å². The Kier molecular flexibility index (Phi) is 3.58. The maximum absolute atomic E-state index is 13.7. The van der Waals surface area contributed by atoms with Crippen molar-refractivity contribution in [1.82, 2.24) is 14.5 Å². The van der Waals surface area contributed by atoms with E-state index in [-0.39, 0.29) is 11.7 Å². The van der Waals surface area contributed by atoms with Gasteiger partial charge >= 0.3 is 0 Å². The molecule has 0 aliphatic carbocycles.